The van der Waals surface area contributed by atoms with E-state index in [-0.39, 0.29) is 11.8 Å². The number of hydrogen-bond acceptors (Lipinski definition) is 5. The van der Waals surface area contributed by atoms with Gasteiger partial charge in [-0.15, -0.1) is 0 Å². The quantitative estimate of drug-likeness (QED) is 0.460. The van der Waals surface area contributed by atoms with E-state index in [9.17, 15) is 14.7 Å². The molecule has 0 bridgehead atoms. The largest absolute Gasteiger partial charge is 0.487 e. The number of hydrogen-bond donors (Lipinski definition) is 1. The molecule has 0 aromatic heterocycles. The third kappa shape index (κ3) is 3.33. The Kier molecular flexibility index (Phi) is 5.73. The summed E-state index contributed by atoms with van der Waals surface area (Å²) in [4.78, 5) is 26.6. The maximum atomic E-state index is 12.5. The predicted molar refractivity (Wildman–Crippen MR) is 118 cm³/mol. The normalized spacial score (nSPS) is 16.9. The molecule has 3 aromatic rings. The lowest BCUT2D eigenvalue weighted by Gasteiger charge is -2.41. The molecule has 156 valence electrons. The first-order chi connectivity index (χ1) is 14.6. The van der Waals surface area contributed by atoms with Gasteiger partial charge in [-0.05, 0) is 30.4 Å². The van der Waals surface area contributed by atoms with E-state index >= 15 is 0 Å². The molecule has 0 aliphatic carbocycles. The molecule has 5 heteroatoms. The Bertz CT molecular complexity index is 1010. The van der Waals surface area contributed by atoms with Crippen LogP contribution in [0.5, 0.6) is 5.75 Å². The SMILES string of the molecule is CCCCOc1c(N2CCCC2C(O)(c2ccccc2)c2ccccc2)c(=O)c1=O. The minimum Gasteiger partial charge on any atom is -0.487 e. The molecule has 1 atom stereocenters. The van der Waals surface area contributed by atoms with Crippen molar-refractivity contribution in [3.05, 3.63) is 92.2 Å². The molecule has 0 radical (unpaired) electrons. The lowest BCUT2D eigenvalue weighted by atomic mass is 9.79. The van der Waals surface area contributed by atoms with Crippen LogP contribution >= 0.6 is 0 Å². The zero-order valence-corrected chi connectivity index (χ0v) is 17.2. The van der Waals surface area contributed by atoms with Crippen molar-refractivity contribution >= 4 is 5.69 Å². The van der Waals surface area contributed by atoms with Crippen molar-refractivity contribution in [3.8, 4) is 5.75 Å². The molecule has 0 amide bonds. The van der Waals surface area contributed by atoms with Gasteiger partial charge in [-0.2, -0.15) is 0 Å². The van der Waals surface area contributed by atoms with Crippen molar-refractivity contribution < 1.29 is 9.84 Å². The van der Waals surface area contributed by atoms with Crippen LogP contribution < -0.4 is 20.5 Å². The van der Waals surface area contributed by atoms with E-state index in [1.54, 1.807) is 0 Å². The summed E-state index contributed by atoms with van der Waals surface area (Å²) in [6.45, 7) is 3.05. The van der Waals surface area contributed by atoms with E-state index in [1.165, 1.54) is 0 Å². The average molecular weight is 405 g/mol. The van der Waals surface area contributed by atoms with Crippen LogP contribution in [0.1, 0.15) is 43.7 Å². The highest BCUT2D eigenvalue weighted by Gasteiger charge is 2.48. The van der Waals surface area contributed by atoms with Crippen molar-refractivity contribution in [3.63, 3.8) is 0 Å². The molecule has 1 aliphatic rings. The second-order valence-corrected chi connectivity index (χ2v) is 7.89. The Morgan fingerprint density at radius 3 is 2.17 bits per heavy atom. The third-order valence-electron chi connectivity index (χ3n) is 6.04. The molecule has 3 aromatic carbocycles. The summed E-state index contributed by atoms with van der Waals surface area (Å²) in [5.41, 5.74) is -0.546. The smallest absolute Gasteiger partial charge is 0.272 e. The van der Waals surface area contributed by atoms with Crippen LogP contribution in [-0.2, 0) is 5.60 Å². The molecule has 1 N–H and O–H groups in total. The number of unbranched alkanes of at least 4 members (excludes halogenated alkanes) is 1. The molecule has 5 nitrogen and oxygen atoms in total. The van der Waals surface area contributed by atoms with E-state index in [4.69, 9.17) is 4.74 Å². The first-order valence-corrected chi connectivity index (χ1v) is 10.6. The zero-order valence-electron chi connectivity index (χ0n) is 17.2. The fourth-order valence-electron chi connectivity index (χ4n) is 4.48. The van der Waals surface area contributed by atoms with Crippen molar-refractivity contribution in [1.29, 1.82) is 0 Å². The van der Waals surface area contributed by atoms with E-state index in [0.29, 0.717) is 25.3 Å². The van der Waals surface area contributed by atoms with Gasteiger partial charge in [0.1, 0.15) is 11.3 Å². The van der Waals surface area contributed by atoms with Crippen LogP contribution in [0.25, 0.3) is 0 Å². The van der Waals surface area contributed by atoms with E-state index in [2.05, 4.69) is 0 Å². The second-order valence-electron chi connectivity index (χ2n) is 7.89. The Morgan fingerprint density at radius 2 is 1.60 bits per heavy atom. The summed E-state index contributed by atoms with van der Waals surface area (Å²) in [6, 6.07) is 18.7. The fraction of sp³-hybridized carbons (Fsp3) is 0.360. The number of ether oxygens (including phenoxy) is 1. The van der Waals surface area contributed by atoms with Gasteiger partial charge in [0, 0.05) is 6.54 Å². The Labute approximate surface area is 176 Å². The summed E-state index contributed by atoms with van der Waals surface area (Å²) in [6.07, 6.45) is 3.28. The number of anilines is 1. The Balaban J connectivity index is 1.77. The summed E-state index contributed by atoms with van der Waals surface area (Å²) in [7, 11) is 0. The van der Waals surface area contributed by atoms with Gasteiger partial charge in [-0.1, -0.05) is 74.0 Å². The van der Waals surface area contributed by atoms with Crippen LogP contribution in [0.2, 0.25) is 0 Å². The lowest BCUT2D eigenvalue weighted by Crippen LogP contribution is -2.52. The molecule has 30 heavy (non-hydrogen) atoms. The zero-order chi connectivity index (χ0) is 21.1. The number of benzene rings is 2. The van der Waals surface area contributed by atoms with Gasteiger partial charge >= 0.3 is 0 Å². The van der Waals surface area contributed by atoms with Crippen LogP contribution in [0.4, 0.5) is 5.69 Å². The van der Waals surface area contributed by atoms with Crippen molar-refractivity contribution in [2.24, 2.45) is 0 Å². The van der Waals surface area contributed by atoms with Gasteiger partial charge in [0.05, 0.1) is 12.6 Å². The number of rotatable bonds is 8. The molecule has 1 unspecified atom stereocenters. The average Bonchev–Trinajstić information content (AvgIpc) is 3.28. The molecule has 1 saturated heterocycles. The Hall–Kier alpha value is -2.92. The fourth-order valence-corrected chi connectivity index (χ4v) is 4.48. The topological polar surface area (TPSA) is 66.8 Å². The predicted octanol–water partition coefficient (Wildman–Crippen LogP) is 3.37. The first kappa shape index (κ1) is 20.4. The summed E-state index contributed by atoms with van der Waals surface area (Å²) in [5.74, 6) is 0.156. The highest BCUT2D eigenvalue weighted by atomic mass is 16.5. The molecule has 4 rings (SSSR count). The maximum Gasteiger partial charge on any atom is 0.272 e. The molecule has 1 aliphatic heterocycles. The van der Waals surface area contributed by atoms with Gasteiger partial charge in [0.2, 0.25) is 0 Å². The molecular formula is C25H27NO4. The van der Waals surface area contributed by atoms with Crippen LogP contribution in [0.15, 0.2) is 70.3 Å². The minimum atomic E-state index is -1.32. The van der Waals surface area contributed by atoms with Gasteiger partial charge in [-0.3, -0.25) is 9.59 Å². The Morgan fingerprint density at radius 1 is 1.00 bits per heavy atom. The summed E-state index contributed by atoms with van der Waals surface area (Å²) in [5, 5.41) is 12.1. The van der Waals surface area contributed by atoms with Gasteiger partial charge in [-0.25, -0.2) is 0 Å². The summed E-state index contributed by atoms with van der Waals surface area (Å²) >= 11 is 0. The van der Waals surface area contributed by atoms with Crippen molar-refractivity contribution in [2.45, 2.75) is 44.2 Å². The van der Waals surface area contributed by atoms with E-state index in [1.807, 2.05) is 72.5 Å². The van der Waals surface area contributed by atoms with Crippen LogP contribution in [0, 0.1) is 0 Å². The maximum absolute atomic E-state index is 12.5. The molecule has 0 spiro atoms. The van der Waals surface area contributed by atoms with Crippen LogP contribution in [0.3, 0.4) is 0 Å². The van der Waals surface area contributed by atoms with Crippen molar-refractivity contribution in [1.82, 2.24) is 0 Å². The van der Waals surface area contributed by atoms with E-state index in [0.717, 1.165) is 30.4 Å². The monoisotopic (exact) mass is 405 g/mol. The van der Waals surface area contributed by atoms with Gasteiger partial charge in [0.15, 0.2) is 5.75 Å². The van der Waals surface area contributed by atoms with Gasteiger partial charge in [0.25, 0.3) is 10.9 Å². The third-order valence-corrected chi connectivity index (χ3v) is 6.04. The summed E-state index contributed by atoms with van der Waals surface area (Å²) < 4.78 is 5.68. The highest BCUT2D eigenvalue weighted by Crippen LogP contribution is 2.43. The van der Waals surface area contributed by atoms with E-state index < -0.39 is 16.5 Å². The molecule has 1 fully saturated rings. The lowest BCUT2D eigenvalue weighted by molar-refractivity contribution is 0.0527. The number of nitrogens with zero attached hydrogens (tertiary/aromatic N) is 1. The molecular weight excluding hydrogens is 378 g/mol. The minimum absolute atomic E-state index is 0.156. The van der Waals surface area contributed by atoms with Crippen molar-refractivity contribution in [2.75, 3.05) is 18.1 Å². The number of aliphatic hydroxyl groups is 1. The molecule has 0 saturated carbocycles. The first-order valence-electron chi connectivity index (χ1n) is 10.6. The highest BCUT2D eigenvalue weighted by molar-refractivity contribution is 5.66. The second kappa shape index (κ2) is 8.44. The molecule has 1 heterocycles. The standard InChI is InChI=1S/C25H27NO4/c1-2-3-17-30-24-21(22(27)23(24)28)26-16-10-15-20(26)25(29,18-11-6-4-7-12-18)19-13-8-5-9-14-19/h4-9,11-14,20,29H,2-3,10,15-17H2,1H3. The van der Waals surface area contributed by atoms with Gasteiger partial charge < -0.3 is 14.7 Å². The van der Waals surface area contributed by atoms with Crippen LogP contribution in [-0.4, -0.2) is 24.3 Å².